The van der Waals surface area contributed by atoms with E-state index in [4.69, 9.17) is 5.53 Å². The van der Waals surface area contributed by atoms with Gasteiger partial charge < -0.3 is 0 Å². The van der Waals surface area contributed by atoms with Crippen molar-refractivity contribution in [2.24, 2.45) is 27.8 Å². The fourth-order valence-corrected chi connectivity index (χ4v) is 5.12. The third-order valence-electron chi connectivity index (χ3n) is 4.94. The average molecular weight is 219 g/mol. The van der Waals surface area contributed by atoms with Crippen molar-refractivity contribution >= 4 is 5.91 Å². The summed E-state index contributed by atoms with van der Waals surface area (Å²) in [6.45, 7) is 2.31. The molecular weight excluding hydrogens is 202 g/mol. The second-order valence-electron chi connectivity index (χ2n) is 6.55. The Labute approximate surface area is 95.0 Å². The molecule has 0 aliphatic heterocycles. The van der Waals surface area contributed by atoms with E-state index in [-0.39, 0.29) is 11.3 Å². The summed E-state index contributed by atoms with van der Waals surface area (Å²) in [7, 11) is 0. The molecule has 4 aliphatic carbocycles. The zero-order chi connectivity index (χ0) is 11.4. The molecule has 0 aromatic heterocycles. The lowest BCUT2D eigenvalue weighted by Crippen LogP contribution is -2.53. The second-order valence-corrected chi connectivity index (χ2v) is 6.55. The van der Waals surface area contributed by atoms with Crippen molar-refractivity contribution in [3.8, 4) is 0 Å². The van der Waals surface area contributed by atoms with Gasteiger partial charge in [-0.25, -0.2) is 0 Å². The predicted molar refractivity (Wildman–Crippen MR) is 59.4 cm³/mol. The summed E-state index contributed by atoms with van der Waals surface area (Å²) in [6.07, 6.45) is 6.73. The number of carbonyl (C=O) groups is 1. The van der Waals surface area contributed by atoms with Crippen molar-refractivity contribution in [2.75, 3.05) is 0 Å². The molecule has 4 fully saturated rings. The van der Waals surface area contributed by atoms with Crippen LogP contribution < -0.4 is 0 Å². The van der Waals surface area contributed by atoms with Crippen molar-refractivity contribution in [2.45, 2.75) is 45.4 Å². The van der Waals surface area contributed by atoms with Crippen molar-refractivity contribution < 1.29 is 4.79 Å². The van der Waals surface area contributed by atoms with Crippen LogP contribution in [0.5, 0.6) is 0 Å². The Kier molecular flexibility index (Phi) is 1.91. The van der Waals surface area contributed by atoms with Crippen LogP contribution in [-0.2, 0) is 4.79 Å². The zero-order valence-electron chi connectivity index (χ0n) is 9.65. The number of hydrogen-bond donors (Lipinski definition) is 0. The first-order valence-corrected chi connectivity index (χ1v) is 6.15. The van der Waals surface area contributed by atoms with Crippen molar-refractivity contribution in [1.82, 2.24) is 0 Å². The molecule has 0 aromatic rings. The second kappa shape index (κ2) is 3.01. The first-order valence-electron chi connectivity index (χ1n) is 6.15. The third kappa shape index (κ3) is 1.29. The van der Waals surface area contributed by atoms with Gasteiger partial charge in [-0.2, -0.15) is 0 Å². The van der Waals surface area contributed by atoms with Crippen LogP contribution in [0.3, 0.4) is 0 Å². The third-order valence-corrected chi connectivity index (χ3v) is 4.94. The summed E-state index contributed by atoms with van der Waals surface area (Å²) < 4.78 is 0. The van der Waals surface area contributed by atoms with Gasteiger partial charge in [-0.05, 0) is 66.4 Å². The SMILES string of the molecule is CC12CC3CC(C1)CC(C(=O)N=[N+]=[N-])(C3)C2. The van der Waals surface area contributed by atoms with Crippen molar-refractivity contribution in [3.05, 3.63) is 10.4 Å². The topological polar surface area (TPSA) is 65.8 Å². The van der Waals surface area contributed by atoms with E-state index in [1.54, 1.807) is 0 Å². The predicted octanol–water partition coefficient (Wildman–Crippen LogP) is 3.43. The van der Waals surface area contributed by atoms with Crippen LogP contribution in [-0.4, -0.2) is 5.91 Å². The Balaban J connectivity index is 1.97. The number of nitrogens with zero attached hydrogens (tertiary/aromatic N) is 3. The Morgan fingerprint density at radius 3 is 2.44 bits per heavy atom. The molecular formula is C12H17N3O. The van der Waals surface area contributed by atoms with Crippen molar-refractivity contribution in [1.29, 1.82) is 0 Å². The summed E-state index contributed by atoms with van der Waals surface area (Å²) >= 11 is 0. The molecule has 0 radical (unpaired) electrons. The average Bonchev–Trinajstić information content (AvgIpc) is 2.13. The summed E-state index contributed by atoms with van der Waals surface area (Å²) in [6, 6.07) is 0. The molecule has 0 saturated heterocycles. The van der Waals surface area contributed by atoms with Gasteiger partial charge >= 0.3 is 0 Å². The molecule has 1 amide bonds. The normalized spacial score (nSPS) is 48.8. The highest BCUT2D eigenvalue weighted by Gasteiger charge is 2.58. The standard InChI is InChI=1S/C12H17N3O/c1-11-3-8-2-9(4-11)6-12(5-8,7-11)10(16)14-15-13/h8-9H,2-7H2,1H3. The molecule has 4 rings (SSSR count). The lowest BCUT2D eigenvalue weighted by Gasteiger charge is -2.60. The number of amides is 1. The van der Waals surface area contributed by atoms with E-state index >= 15 is 0 Å². The minimum atomic E-state index is -0.287. The van der Waals surface area contributed by atoms with E-state index in [0.717, 1.165) is 19.3 Å². The van der Waals surface area contributed by atoms with Crippen LogP contribution in [0.2, 0.25) is 0 Å². The van der Waals surface area contributed by atoms with E-state index in [1.165, 1.54) is 19.3 Å². The van der Waals surface area contributed by atoms with Gasteiger partial charge in [0.2, 0.25) is 5.91 Å². The zero-order valence-corrected chi connectivity index (χ0v) is 9.65. The van der Waals surface area contributed by atoms with Crippen LogP contribution in [0, 0.1) is 22.7 Å². The molecule has 16 heavy (non-hydrogen) atoms. The van der Waals surface area contributed by atoms with Crippen LogP contribution in [0.4, 0.5) is 0 Å². The number of rotatable bonds is 1. The van der Waals surface area contributed by atoms with Crippen LogP contribution in [0.15, 0.2) is 5.11 Å². The summed E-state index contributed by atoms with van der Waals surface area (Å²) in [5, 5.41) is 3.39. The maximum atomic E-state index is 12.0. The number of hydrogen-bond acceptors (Lipinski definition) is 1. The molecule has 4 aliphatic rings. The molecule has 0 heterocycles. The quantitative estimate of drug-likeness (QED) is 0.378. The molecule has 4 bridgehead atoms. The van der Waals surface area contributed by atoms with E-state index in [0.29, 0.717) is 17.3 Å². The first-order chi connectivity index (χ1) is 7.55. The summed E-state index contributed by atoms with van der Waals surface area (Å²) in [5.41, 5.74) is 8.49. The Morgan fingerprint density at radius 2 is 1.94 bits per heavy atom. The molecule has 2 unspecified atom stereocenters. The van der Waals surface area contributed by atoms with Gasteiger partial charge in [0.25, 0.3) is 0 Å². The van der Waals surface area contributed by atoms with Gasteiger partial charge in [-0.3, -0.25) is 4.79 Å². The maximum absolute atomic E-state index is 12.0. The largest absolute Gasteiger partial charge is 0.292 e. The van der Waals surface area contributed by atoms with Crippen molar-refractivity contribution in [3.63, 3.8) is 0 Å². The lowest BCUT2D eigenvalue weighted by atomic mass is 9.44. The monoisotopic (exact) mass is 219 g/mol. The van der Waals surface area contributed by atoms with Gasteiger partial charge in [-0.1, -0.05) is 6.92 Å². The van der Waals surface area contributed by atoms with Gasteiger partial charge in [0.1, 0.15) is 0 Å². The minimum absolute atomic E-state index is 0.185. The molecule has 2 atom stereocenters. The molecule has 86 valence electrons. The number of azide groups is 1. The number of carbonyl (C=O) groups excluding carboxylic acids is 1. The highest BCUT2D eigenvalue weighted by molar-refractivity contribution is 5.84. The minimum Gasteiger partial charge on any atom is -0.292 e. The van der Waals surface area contributed by atoms with Crippen LogP contribution in [0.25, 0.3) is 10.4 Å². The van der Waals surface area contributed by atoms with E-state index < -0.39 is 0 Å². The smallest absolute Gasteiger partial charge is 0.225 e. The molecule has 0 spiro atoms. The molecule has 4 nitrogen and oxygen atoms in total. The molecule has 4 heteroatoms. The molecule has 4 saturated carbocycles. The molecule has 0 aromatic carbocycles. The van der Waals surface area contributed by atoms with Crippen LogP contribution in [0.1, 0.15) is 45.4 Å². The Morgan fingerprint density at radius 1 is 1.31 bits per heavy atom. The Bertz CT molecular complexity index is 383. The maximum Gasteiger partial charge on any atom is 0.225 e. The highest BCUT2D eigenvalue weighted by Crippen LogP contribution is 2.65. The van der Waals surface area contributed by atoms with Gasteiger partial charge in [-0.15, -0.1) is 0 Å². The van der Waals surface area contributed by atoms with Gasteiger partial charge in [0.15, 0.2) is 0 Å². The lowest BCUT2D eigenvalue weighted by molar-refractivity contribution is -0.151. The van der Waals surface area contributed by atoms with E-state index in [9.17, 15) is 4.79 Å². The highest BCUT2D eigenvalue weighted by atomic mass is 16.2. The van der Waals surface area contributed by atoms with E-state index in [2.05, 4.69) is 16.9 Å². The van der Waals surface area contributed by atoms with Gasteiger partial charge in [0, 0.05) is 10.3 Å². The van der Waals surface area contributed by atoms with Crippen LogP contribution >= 0.6 is 0 Å². The Hall–Kier alpha value is -1.02. The van der Waals surface area contributed by atoms with E-state index in [1.807, 2.05) is 0 Å². The summed E-state index contributed by atoms with van der Waals surface area (Å²) in [4.78, 5) is 14.7. The fraction of sp³-hybridized carbons (Fsp3) is 0.917. The summed E-state index contributed by atoms with van der Waals surface area (Å²) in [5.74, 6) is 1.21. The fourth-order valence-electron chi connectivity index (χ4n) is 5.12. The molecule has 0 N–H and O–H groups in total. The van der Waals surface area contributed by atoms with Gasteiger partial charge in [0.05, 0.1) is 0 Å². The first kappa shape index (κ1) is 10.2.